The van der Waals surface area contributed by atoms with Crippen LogP contribution >= 0.6 is 0 Å². The largest absolute Gasteiger partial charge is 0.395 e. The van der Waals surface area contributed by atoms with Gasteiger partial charge in [0.15, 0.2) is 0 Å². The molecule has 4 heteroatoms. The van der Waals surface area contributed by atoms with Gasteiger partial charge in [-0.15, -0.1) is 5.92 Å². The van der Waals surface area contributed by atoms with Gasteiger partial charge < -0.3 is 20.3 Å². The van der Waals surface area contributed by atoms with Crippen LogP contribution in [0.3, 0.4) is 0 Å². The summed E-state index contributed by atoms with van der Waals surface area (Å²) >= 11 is 0. The van der Waals surface area contributed by atoms with E-state index in [-0.39, 0.29) is 18.6 Å². The van der Waals surface area contributed by atoms with Crippen LogP contribution in [-0.2, 0) is 11.2 Å². The lowest BCUT2D eigenvalue weighted by molar-refractivity contribution is 0.159. The third kappa shape index (κ3) is 9.43. The van der Waals surface area contributed by atoms with Crippen molar-refractivity contribution in [1.29, 1.82) is 0 Å². The normalized spacial score (nSPS) is 18.2. The SMILES string of the molecule is OCC1=CC=CC(CO)(CNCCCC#CCOCCCCc2ccccc2)C1. The molecule has 0 fully saturated rings. The van der Waals surface area contributed by atoms with Crippen LogP contribution in [0.2, 0.25) is 0 Å². The van der Waals surface area contributed by atoms with Crippen LogP contribution in [0.5, 0.6) is 0 Å². The second-order valence-electron chi connectivity index (χ2n) is 7.67. The maximum atomic E-state index is 9.75. The highest BCUT2D eigenvalue weighted by molar-refractivity contribution is 5.24. The van der Waals surface area contributed by atoms with Gasteiger partial charge in [0.25, 0.3) is 0 Å². The van der Waals surface area contributed by atoms with Gasteiger partial charge in [-0.25, -0.2) is 0 Å². The number of hydrogen-bond donors (Lipinski definition) is 3. The van der Waals surface area contributed by atoms with Crippen molar-refractivity contribution in [3.8, 4) is 11.8 Å². The number of hydrogen-bond acceptors (Lipinski definition) is 4. The molecule has 0 heterocycles. The second-order valence-corrected chi connectivity index (χ2v) is 7.67. The summed E-state index contributed by atoms with van der Waals surface area (Å²) in [6.45, 7) is 2.98. The van der Waals surface area contributed by atoms with E-state index in [0.717, 1.165) is 50.8 Å². The molecule has 29 heavy (non-hydrogen) atoms. The van der Waals surface area contributed by atoms with E-state index < -0.39 is 0 Å². The number of ether oxygens (including phenoxy) is 1. The van der Waals surface area contributed by atoms with E-state index in [0.29, 0.717) is 19.6 Å². The zero-order valence-corrected chi connectivity index (χ0v) is 17.4. The average Bonchev–Trinajstić information content (AvgIpc) is 2.77. The predicted octanol–water partition coefficient (Wildman–Crippen LogP) is 3.26. The van der Waals surface area contributed by atoms with E-state index in [9.17, 15) is 10.2 Å². The first kappa shape index (κ1) is 23.4. The summed E-state index contributed by atoms with van der Waals surface area (Å²) in [6, 6.07) is 10.5. The zero-order chi connectivity index (χ0) is 20.6. The van der Waals surface area contributed by atoms with E-state index in [1.807, 2.05) is 24.3 Å². The molecular formula is C25H35NO3. The summed E-state index contributed by atoms with van der Waals surface area (Å²) in [6.07, 6.45) is 11.7. The number of allylic oxidation sites excluding steroid dienone is 2. The fourth-order valence-electron chi connectivity index (χ4n) is 3.43. The highest BCUT2D eigenvalue weighted by Crippen LogP contribution is 2.30. The molecule has 0 spiro atoms. The van der Waals surface area contributed by atoms with E-state index >= 15 is 0 Å². The quantitative estimate of drug-likeness (QED) is 0.353. The fourth-order valence-corrected chi connectivity index (χ4v) is 3.43. The van der Waals surface area contributed by atoms with Gasteiger partial charge in [0.1, 0.15) is 6.61 Å². The molecule has 1 aliphatic rings. The van der Waals surface area contributed by atoms with Crippen LogP contribution in [0.25, 0.3) is 0 Å². The molecule has 4 nitrogen and oxygen atoms in total. The topological polar surface area (TPSA) is 61.7 Å². The Morgan fingerprint density at radius 1 is 1.07 bits per heavy atom. The summed E-state index contributed by atoms with van der Waals surface area (Å²) in [4.78, 5) is 0. The van der Waals surface area contributed by atoms with Crippen LogP contribution in [0.4, 0.5) is 0 Å². The molecule has 0 saturated carbocycles. The lowest BCUT2D eigenvalue weighted by Gasteiger charge is -2.32. The molecule has 1 aromatic carbocycles. The lowest BCUT2D eigenvalue weighted by Crippen LogP contribution is -2.37. The first-order valence-electron chi connectivity index (χ1n) is 10.7. The molecule has 2 rings (SSSR count). The minimum absolute atomic E-state index is 0.0524. The third-order valence-corrected chi connectivity index (χ3v) is 5.16. The highest BCUT2D eigenvalue weighted by atomic mass is 16.5. The molecule has 3 N–H and O–H groups in total. The Kier molecular flexibility index (Phi) is 11.4. The first-order valence-corrected chi connectivity index (χ1v) is 10.7. The van der Waals surface area contributed by atoms with Gasteiger partial charge in [-0.3, -0.25) is 0 Å². The van der Waals surface area contributed by atoms with Crippen LogP contribution < -0.4 is 5.32 Å². The van der Waals surface area contributed by atoms with Gasteiger partial charge in [-0.1, -0.05) is 54.5 Å². The maximum Gasteiger partial charge on any atom is 0.107 e. The van der Waals surface area contributed by atoms with Crippen molar-refractivity contribution in [2.75, 3.05) is 39.5 Å². The predicted molar refractivity (Wildman–Crippen MR) is 119 cm³/mol. The van der Waals surface area contributed by atoms with Crippen molar-refractivity contribution in [3.05, 3.63) is 59.7 Å². The number of aliphatic hydroxyl groups excluding tert-OH is 2. The zero-order valence-electron chi connectivity index (χ0n) is 17.4. The first-order chi connectivity index (χ1) is 14.3. The second kappa shape index (κ2) is 14.1. The van der Waals surface area contributed by atoms with Crippen molar-refractivity contribution in [1.82, 2.24) is 5.32 Å². The molecule has 0 radical (unpaired) electrons. The molecule has 0 aliphatic heterocycles. The molecule has 1 atom stereocenters. The Morgan fingerprint density at radius 3 is 2.72 bits per heavy atom. The minimum atomic E-state index is -0.299. The molecule has 0 aromatic heterocycles. The van der Waals surface area contributed by atoms with Crippen molar-refractivity contribution >= 4 is 0 Å². The number of aryl methyl sites for hydroxylation is 1. The van der Waals surface area contributed by atoms with E-state index in [4.69, 9.17) is 4.74 Å². The van der Waals surface area contributed by atoms with Gasteiger partial charge in [0.05, 0.1) is 13.2 Å². The number of benzene rings is 1. The van der Waals surface area contributed by atoms with Crippen LogP contribution in [-0.4, -0.2) is 49.7 Å². The summed E-state index contributed by atoms with van der Waals surface area (Å²) in [7, 11) is 0. The molecule has 0 bridgehead atoms. The van der Waals surface area contributed by atoms with Crippen LogP contribution in [0, 0.1) is 17.3 Å². The Labute approximate surface area is 175 Å². The summed E-state index contributed by atoms with van der Waals surface area (Å²) < 4.78 is 5.58. The van der Waals surface area contributed by atoms with E-state index in [1.165, 1.54) is 5.56 Å². The van der Waals surface area contributed by atoms with Gasteiger partial charge in [-0.2, -0.15) is 0 Å². The van der Waals surface area contributed by atoms with Gasteiger partial charge in [0, 0.05) is 25.0 Å². The molecule has 1 unspecified atom stereocenters. The van der Waals surface area contributed by atoms with Gasteiger partial charge in [0.2, 0.25) is 0 Å². The lowest BCUT2D eigenvalue weighted by atomic mass is 9.79. The monoisotopic (exact) mass is 397 g/mol. The van der Waals surface area contributed by atoms with E-state index in [1.54, 1.807) is 0 Å². The molecule has 1 aromatic rings. The van der Waals surface area contributed by atoms with Gasteiger partial charge >= 0.3 is 0 Å². The summed E-state index contributed by atoms with van der Waals surface area (Å²) in [5.41, 5.74) is 2.05. The fraction of sp³-hybridized carbons (Fsp3) is 0.520. The van der Waals surface area contributed by atoms with Crippen molar-refractivity contribution < 1.29 is 14.9 Å². The maximum absolute atomic E-state index is 9.75. The Hall–Kier alpha value is -1.90. The number of aliphatic hydroxyl groups is 2. The summed E-state index contributed by atoms with van der Waals surface area (Å²) in [5.74, 6) is 6.24. The highest BCUT2D eigenvalue weighted by Gasteiger charge is 2.28. The molecule has 158 valence electrons. The van der Waals surface area contributed by atoms with Crippen LogP contribution in [0.1, 0.15) is 37.7 Å². The van der Waals surface area contributed by atoms with Gasteiger partial charge in [-0.05, 0) is 49.8 Å². The molecule has 1 aliphatic carbocycles. The molecule has 0 saturated heterocycles. The van der Waals surface area contributed by atoms with Crippen molar-refractivity contribution in [3.63, 3.8) is 0 Å². The summed E-state index contributed by atoms with van der Waals surface area (Å²) in [5, 5.41) is 22.5. The third-order valence-electron chi connectivity index (χ3n) is 5.16. The van der Waals surface area contributed by atoms with Crippen molar-refractivity contribution in [2.45, 2.75) is 38.5 Å². The number of nitrogens with one attached hydrogen (secondary N) is 1. The van der Waals surface area contributed by atoms with Crippen LogP contribution in [0.15, 0.2) is 54.1 Å². The van der Waals surface area contributed by atoms with E-state index in [2.05, 4.69) is 41.4 Å². The Balaban J connectivity index is 1.44. The van der Waals surface area contributed by atoms with Crippen molar-refractivity contribution in [2.24, 2.45) is 5.41 Å². The average molecular weight is 398 g/mol. The smallest absolute Gasteiger partial charge is 0.107 e. The minimum Gasteiger partial charge on any atom is -0.395 e. The standard InChI is InChI=1S/C25H35NO3/c27-20-24-14-10-15-25(19-24,22-28)21-26-16-7-1-2-8-17-29-18-9-6-13-23-11-4-3-5-12-23/h3-5,10-12,14-15,26-28H,1,6-7,9,13,16-22H2. The molecule has 0 amide bonds. The molecular weight excluding hydrogens is 362 g/mol. The Bertz CT molecular complexity index is 687. The Morgan fingerprint density at radius 2 is 1.93 bits per heavy atom. The number of unbranched alkanes of at least 4 members (excludes halogenated alkanes) is 2. The number of rotatable bonds is 13.